The van der Waals surface area contributed by atoms with Crippen LogP contribution in [0, 0.1) is 6.92 Å². The molecule has 3 aromatic rings. The van der Waals surface area contributed by atoms with Crippen molar-refractivity contribution in [3.63, 3.8) is 0 Å². The van der Waals surface area contributed by atoms with Gasteiger partial charge in [-0.3, -0.25) is 5.10 Å². The average molecular weight is 280 g/mol. The van der Waals surface area contributed by atoms with Crippen molar-refractivity contribution in [2.45, 2.75) is 16.4 Å². The highest BCUT2D eigenvalue weighted by molar-refractivity contribution is 8.00. The van der Waals surface area contributed by atoms with Crippen LogP contribution in [-0.2, 0) is 0 Å². The third-order valence-electron chi connectivity index (χ3n) is 2.00. The average Bonchev–Trinajstić information content (AvgIpc) is 3.00. The molecule has 0 saturated carbocycles. The van der Waals surface area contributed by atoms with Gasteiger partial charge >= 0.3 is 0 Å². The van der Waals surface area contributed by atoms with Crippen LogP contribution in [0.25, 0.3) is 10.7 Å². The summed E-state index contributed by atoms with van der Waals surface area (Å²) in [5, 5.41) is 11.9. The molecule has 0 amide bonds. The molecule has 0 radical (unpaired) electrons. The number of hydrogen-bond acceptors (Lipinski definition) is 6. The molecule has 0 aromatic carbocycles. The first-order valence-corrected chi connectivity index (χ1v) is 7.45. The van der Waals surface area contributed by atoms with E-state index in [9.17, 15) is 0 Å². The van der Waals surface area contributed by atoms with Crippen molar-refractivity contribution in [2.24, 2.45) is 0 Å². The monoisotopic (exact) mass is 280 g/mol. The number of aromatic amines is 1. The van der Waals surface area contributed by atoms with Gasteiger partial charge in [0.2, 0.25) is 5.16 Å². The fourth-order valence-electron chi connectivity index (χ4n) is 1.27. The standard InChI is InChI=1S/C10H8N4S3/c1-6-5-16-10(11-6)17-9-12-8(13-14-9)7-3-2-4-15-7/h2-5H,1H3,(H,12,13,14). The van der Waals surface area contributed by atoms with Gasteiger partial charge in [-0.15, -0.1) is 27.8 Å². The quantitative estimate of drug-likeness (QED) is 0.798. The van der Waals surface area contributed by atoms with Crippen molar-refractivity contribution >= 4 is 34.4 Å². The number of aryl methyl sites for hydroxylation is 1. The maximum atomic E-state index is 4.43. The maximum absolute atomic E-state index is 4.43. The summed E-state index contributed by atoms with van der Waals surface area (Å²) >= 11 is 4.74. The Kier molecular flexibility index (Phi) is 2.96. The van der Waals surface area contributed by atoms with Crippen molar-refractivity contribution < 1.29 is 0 Å². The van der Waals surface area contributed by atoms with Crippen molar-refractivity contribution in [1.29, 1.82) is 0 Å². The summed E-state index contributed by atoms with van der Waals surface area (Å²) in [6.07, 6.45) is 0. The van der Waals surface area contributed by atoms with E-state index < -0.39 is 0 Å². The van der Waals surface area contributed by atoms with E-state index in [1.807, 2.05) is 29.8 Å². The van der Waals surface area contributed by atoms with Crippen LogP contribution >= 0.6 is 34.4 Å². The number of nitrogens with one attached hydrogen (secondary N) is 1. The summed E-state index contributed by atoms with van der Waals surface area (Å²) in [7, 11) is 0. The van der Waals surface area contributed by atoms with Crippen LogP contribution in [0.1, 0.15) is 5.69 Å². The zero-order valence-electron chi connectivity index (χ0n) is 8.88. The third-order valence-corrected chi connectivity index (χ3v) is 4.79. The second kappa shape index (κ2) is 4.59. The molecule has 4 nitrogen and oxygen atoms in total. The fourth-order valence-corrected chi connectivity index (χ4v) is 3.59. The first-order valence-electron chi connectivity index (χ1n) is 4.87. The topological polar surface area (TPSA) is 54.5 Å². The van der Waals surface area contributed by atoms with Crippen molar-refractivity contribution in [3.8, 4) is 10.7 Å². The number of hydrogen-bond donors (Lipinski definition) is 1. The molecule has 0 unspecified atom stereocenters. The lowest BCUT2D eigenvalue weighted by molar-refractivity contribution is 0.971. The minimum Gasteiger partial charge on any atom is -0.257 e. The van der Waals surface area contributed by atoms with Gasteiger partial charge in [-0.25, -0.2) is 9.97 Å². The molecule has 0 fully saturated rings. The van der Waals surface area contributed by atoms with Crippen LogP contribution in [0.5, 0.6) is 0 Å². The molecule has 0 bridgehead atoms. The minimum atomic E-state index is 0.711. The van der Waals surface area contributed by atoms with E-state index >= 15 is 0 Å². The summed E-state index contributed by atoms with van der Waals surface area (Å²) in [6.45, 7) is 1.98. The Morgan fingerprint density at radius 1 is 1.29 bits per heavy atom. The Balaban J connectivity index is 1.81. The van der Waals surface area contributed by atoms with Crippen LogP contribution in [0.3, 0.4) is 0 Å². The van der Waals surface area contributed by atoms with Crippen molar-refractivity contribution in [3.05, 3.63) is 28.6 Å². The normalized spacial score (nSPS) is 10.9. The lowest BCUT2D eigenvalue weighted by Gasteiger charge is -1.87. The second-order valence-corrected chi connectivity index (χ2v) is 6.32. The number of rotatable bonds is 3. The summed E-state index contributed by atoms with van der Waals surface area (Å²) in [6, 6.07) is 4.02. The SMILES string of the molecule is Cc1csc(Sc2n[nH]c(-c3cccs3)n2)n1. The zero-order valence-corrected chi connectivity index (χ0v) is 11.3. The highest BCUT2D eigenvalue weighted by atomic mass is 32.2. The van der Waals surface area contributed by atoms with Crippen LogP contribution in [0.4, 0.5) is 0 Å². The molecule has 7 heteroatoms. The predicted octanol–water partition coefficient (Wildman–Crippen LogP) is 3.45. The van der Waals surface area contributed by atoms with Gasteiger partial charge in [0.1, 0.15) is 0 Å². The van der Waals surface area contributed by atoms with Gasteiger partial charge in [0.25, 0.3) is 0 Å². The molecule has 0 aliphatic rings. The second-order valence-electron chi connectivity index (χ2n) is 3.30. The summed E-state index contributed by atoms with van der Waals surface area (Å²) in [5.74, 6) is 0.816. The Hall–Kier alpha value is -1.18. The summed E-state index contributed by atoms with van der Waals surface area (Å²) in [4.78, 5) is 9.90. The molecular weight excluding hydrogens is 272 g/mol. The Bertz CT molecular complexity index is 611. The highest BCUT2D eigenvalue weighted by Crippen LogP contribution is 2.29. The lowest BCUT2D eigenvalue weighted by atomic mass is 10.4. The van der Waals surface area contributed by atoms with E-state index in [1.54, 1.807) is 22.7 Å². The van der Waals surface area contributed by atoms with Gasteiger partial charge < -0.3 is 0 Å². The van der Waals surface area contributed by atoms with E-state index in [1.165, 1.54) is 11.8 Å². The van der Waals surface area contributed by atoms with E-state index in [-0.39, 0.29) is 0 Å². The summed E-state index contributed by atoms with van der Waals surface area (Å²) < 4.78 is 0.972. The van der Waals surface area contributed by atoms with Gasteiger partial charge in [0, 0.05) is 11.1 Å². The zero-order chi connectivity index (χ0) is 11.7. The smallest absolute Gasteiger partial charge is 0.215 e. The number of aromatic nitrogens is 4. The molecule has 0 aliphatic carbocycles. The van der Waals surface area contributed by atoms with Gasteiger partial charge in [0.05, 0.1) is 4.88 Å². The number of nitrogens with zero attached hydrogens (tertiary/aromatic N) is 3. The third kappa shape index (κ3) is 2.41. The molecule has 0 saturated heterocycles. The minimum absolute atomic E-state index is 0.711. The molecular formula is C10H8N4S3. The summed E-state index contributed by atoms with van der Waals surface area (Å²) in [5.41, 5.74) is 1.03. The molecule has 86 valence electrons. The first-order chi connectivity index (χ1) is 8.31. The molecule has 1 N–H and O–H groups in total. The van der Waals surface area contributed by atoms with Crippen LogP contribution in [-0.4, -0.2) is 20.2 Å². The van der Waals surface area contributed by atoms with Gasteiger partial charge in [-0.2, -0.15) is 0 Å². The molecule has 3 rings (SSSR count). The van der Waals surface area contributed by atoms with Gasteiger partial charge in [-0.05, 0) is 30.1 Å². The Labute approximate surface area is 110 Å². The number of H-pyrrole nitrogens is 1. The molecule has 0 atom stereocenters. The Morgan fingerprint density at radius 3 is 2.94 bits per heavy atom. The van der Waals surface area contributed by atoms with Crippen LogP contribution in [0.15, 0.2) is 32.4 Å². The van der Waals surface area contributed by atoms with E-state index in [2.05, 4.69) is 20.2 Å². The fraction of sp³-hybridized carbons (Fsp3) is 0.100. The van der Waals surface area contributed by atoms with E-state index in [4.69, 9.17) is 0 Å². The predicted molar refractivity (Wildman–Crippen MR) is 70.7 cm³/mol. The molecule has 3 heterocycles. The molecule has 17 heavy (non-hydrogen) atoms. The van der Waals surface area contributed by atoms with E-state index in [0.29, 0.717) is 5.16 Å². The number of thiazole rings is 1. The van der Waals surface area contributed by atoms with E-state index in [0.717, 1.165) is 20.7 Å². The highest BCUT2D eigenvalue weighted by Gasteiger charge is 2.09. The largest absolute Gasteiger partial charge is 0.257 e. The van der Waals surface area contributed by atoms with Gasteiger partial charge in [-0.1, -0.05) is 6.07 Å². The van der Waals surface area contributed by atoms with Crippen molar-refractivity contribution in [2.75, 3.05) is 0 Å². The molecule has 0 spiro atoms. The Morgan fingerprint density at radius 2 is 2.24 bits per heavy atom. The lowest BCUT2D eigenvalue weighted by Crippen LogP contribution is -1.76. The van der Waals surface area contributed by atoms with Crippen LogP contribution < -0.4 is 0 Å². The van der Waals surface area contributed by atoms with Gasteiger partial charge in [0.15, 0.2) is 10.2 Å². The first kappa shape index (κ1) is 10.9. The molecule has 3 aromatic heterocycles. The molecule has 0 aliphatic heterocycles. The maximum Gasteiger partial charge on any atom is 0.215 e. The number of thiophene rings is 1. The van der Waals surface area contributed by atoms with Crippen LogP contribution in [0.2, 0.25) is 0 Å². The van der Waals surface area contributed by atoms with Crippen molar-refractivity contribution in [1.82, 2.24) is 20.2 Å².